The number of nitrogens with zero attached hydrogens (tertiary/aromatic N) is 1. The van der Waals surface area contributed by atoms with E-state index >= 15 is 0 Å². The molecule has 1 aliphatic carbocycles. The van der Waals surface area contributed by atoms with Crippen LogP contribution in [0.4, 0.5) is 0 Å². The Hall–Kier alpha value is -1.84. The zero-order valence-corrected chi connectivity index (χ0v) is 10.0. The SMILES string of the molecule is C/C(=N\NC(=O)C1CC1)c1cc(C)ccc1O. The number of hydrazone groups is 1. The molecule has 0 aliphatic heterocycles. The number of hydrogen-bond acceptors (Lipinski definition) is 3. The Morgan fingerprint density at radius 2 is 2.18 bits per heavy atom. The molecule has 0 saturated heterocycles. The molecular formula is C13H16N2O2. The first-order valence-electron chi connectivity index (χ1n) is 5.72. The number of carbonyl (C=O) groups excluding carboxylic acids is 1. The minimum absolute atomic E-state index is 0.0310. The van der Waals surface area contributed by atoms with Gasteiger partial charge in [0.1, 0.15) is 5.75 Å². The van der Waals surface area contributed by atoms with Crippen molar-refractivity contribution in [1.29, 1.82) is 0 Å². The first-order chi connectivity index (χ1) is 8.08. The topological polar surface area (TPSA) is 61.7 Å². The predicted molar refractivity (Wildman–Crippen MR) is 65.9 cm³/mol. The van der Waals surface area contributed by atoms with Gasteiger partial charge in [0, 0.05) is 11.5 Å². The first kappa shape index (κ1) is 11.6. The van der Waals surface area contributed by atoms with Gasteiger partial charge in [0.15, 0.2) is 0 Å². The molecule has 1 aromatic carbocycles. The number of aromatic hydroxyl groups is 1. The fourth-order valence-corrected chi connectivity index (χ4v) is 1.58. The maximum atomic E-state index is 11.4. The third kappa shape index (κ3) is 2.84. The molecule has 17 heavy (non-hydrogen) atoms. The second kappa shape index (κ2) is 4.57. The third-order valence-corrected chi connectivity index (χ3v) is 2.82. The zero-order valence-electron chi connectivity index (χ0n) is 10.0. The van der Waals surface area contributed by atoms with Crippen molar-refractivity contribution in [2.24, 2.45) is 11.0 Å². The second-order valence-corrected chi connectivity index (χ2v) is 4.47. The minimum Gasteiger partial charge on any atom is -0.507 e. The molecule has 1 fully saturated rings. The summed E-state index contributed by atoms with van der Waals surface area (Å²) in [6.07, 6.45) is 1.91. The van der Waals surface area contributed by atoms with E-state index in [1.54, 1.807) is 13.0 Å². The van der Waals surface area contributed by atoms with Crippen LogP contribution in [-0.4, -0.2) is 16.7 Å². The fourth-order valence-electron chi connectivity index (χ4n) is 1.58. The Morgan fingerprint density at radius 1 is 1.47 bits per heavy atom. The van der Waals surface area contributed by atoms with Crippen LogP contribution in [0.25, 0.3) is 0 Å². The summed E-state index contributed by atoms with van der Waals surface area (Å²) in [6, 6.07) is 5.30. The van der Waals surface area contributed by atoms with Crippen LogP contribution in [0, 0.1) is 12.8 Å². The molecule has 1 aliphatic rings. The molecule has 4 heteroatoms. The van der Waals surface area contributed by atoms with E-state index in [0.29, 0.717) is 11.3 Å². The third-order valence-electron chi connectivity index (χ3n) is 2.82. The average Bonchev–Trinajstić information content (AvgIpc) is 3.12. The summed E-state index contributed by atoms with van der Waals surface area (Å²) in [4.78, 5) is 11.4. The highest BCUT2D eigenvalue weighted by atomic mass is 16.3. The van der Waals surface area contributed by atoms with Crippen LogP contribution in [0.2, 0.25) is 0 Å². The Bertz CT molecular complexity index is 476. The number of aryl methyl sites for hydroxylation is 1. The van der Waals surface area contributed by atoms with E-state index in [0.717, 1.165) is 18.4 Å². The molecule has 0 bridgehead atoms. The van der Waals surface area contributed by atoms with Gasteiger partial charge in [0.2, 0.25) is 5.91 Å². The lowest BCUT2D eigenvalue weighted by atomic mass is 10.1. The number of rotatable bonds is 3. The predicted octanol–water partition coefficient (Wildman–Crippen LogP) is 1.95. The van der Waals surface area contributed by atoms with Gasteiger partial charge in [-0.25, -0.2) is 5.43 Å². The summed E-state index contributed by atoms with van der Waals surface area (Å²) in [5, 5.41) is 13.7. The molecule has 0 atom stereocenters. The molecule has 1 saturated carbocycles. The van der Waals surface area contributed by atoms with Crippen LogP contribution < -0.4 is 5.43 Å². The van der Waals surface area contributed by atoms with Crippen LogP contribution in [0.1, 0.15) is 30.9 Å². The normalized spacial score (nSPS) is 15.8. The Labute approximate surface area is 100 Å². The van der Waals surface area contributed by atoms with Gasteiger partial charge in [-0.05, 0) is 38.8 Å². The smallest absolute Gasteiger partial charge is 0.243 e. The van der Waals surface area contributed by atoms with Crippen molar-refractivity contribution in [3.8, 4) is 5.75 Å². The summed E-state index contributed by atoms with van der Waals surface area (Å²) in [6.45, 7) is 3.71. The van der Waals surface area contributed by atoms with E-state index in [1.165, 1.54) is 0 Å². The molecule has 2 N–H and O–H groups in total. The summed E-state index contributed by atoms with van der Waals surface area (Å²) in [5.74, 6) is 0.284. The van der Waals surface area contributed by atoms with Gasteiger partial charge >= 0.3 is 0 Å². The van der Waals surface area contributed by atoms with Gasteiger partial charge in [-0.2, -0.15) is 5.10 Å². The zero-order chi connectivity index (χ0) is 12.4. The molecule has 1 amide bonds. The van der Waals surface area contributed by atoms with E-state index < -0.39 is 0 Å². The van der Waals surface area contributed by atoms with E-state index in [1.807, 2.05) is 19.1 Å². The quantitative estimate of drug-likeness (QED) is 0.618. The summed E-state index contributed by atoms with van der Waals surface area (Å²) in [5.41, 5.74) is 4.84. The molecule has 2 rings (SSSR count). The Morgan fingerprint density at radius 3 is 2.82 bits per heavy atom. The van der Waals surface area contributed by atoms with Crippen LogP contribution in [-0.2, 0) is 4.79 Å². The first-order valence-corrected chi connectivity index (χ1v) is 5.72. The van der Waals surface area contributed by atoms with Gasteiger partial charge in [0.05, 0.1) is 5.71 Å². The average molecular weight is 232 g/mol. The highest BCUT2D eigenvalue weighted by Gasteiger charge is 2.29. The van der Waals surface area contributed by atoms with Crippen LogP contribution >= 0.6 is 0 Å². The number of phenolic OH excluding ortho intramolecular Hbond substituents is 1. The van der Waals surface area contributed by atoms with E-state index in [-0.39, 0.29) is 17.6 Å². The van der Waals surface area contributed by atoms with E-state index in [2.05, 4.69) is 10.5 Å². The van der Waals surface area contributed by atoms with Gasteiger partial charge < -0.3 is 5.11 Å². The van der Waals surface area contributed by atoms with Crippen molar-refractivity contribution >= 4 is 11.6 Å². The Balaban J connectivity index is 2.11. The molecule has 1 aromatic rings. The second-order valence-electron chi connectivity index (χ2n) is 4.47. The monoisotopic (exact) mass is 232 g/mol. The van der Waals surface area contributed by atoms with Crippen molar-refractivity contribution in [2.45, 2.75) is 26.7 Å². The molecule has 4 nitrogen and oxygen atoms in total. The standard InChI is InChI=1S/C13H16N2O2/c1-8-3-6-12(16)11(7-8)9(2)14-15-13(17)10-4-5-10/h3,6-7,10,16H,4-5H2,1-2H3,(H,15,17)/b14-9+. The van der Waals surface area contributed by atoms with Crippen molar-refractivity contribution in [2.75, 3.05) is 0 Å². The van der Waals surface area contributed by atoms with Crippen molar-refractivity contribution < 1.29 is 9.90 Å². The van der Waals surface area contributed by atoms with Gasteiger partial charge in [-0.3, -0.25) is 4.79 Å². The highest BCUT2D eigenvalue weighted by Crippen LogP contribution is 2.28. The van der Waals surface area contributed by atoms with Crippen LogP contribution in [0.3, 0.4) is 0 Å². The molecule has 0 spiro atoms. The number of carbonyl (C=O) groups is 1. The minimum atomic E-state index is -0.0310. The molecule has 0 radical (unpaired) electrons. The van der Waals surface area contributed by atoms with Crippen molar-refractivity contribution in [1.82, 2.24) is 5.43 Å². The van der Waals surface area contributed by atoms with Crippen LogP contribution in [0.5, 0.6) is 5.75 Å². The molecule has 90 valence electrons. The van der Waals surface area contributed by atoms with Crippen molar-refractivity contribution in [3.05, 3.63) is 29.3 Å². The highest BCUT2D eigenvalue weighted by molar-refractivity contribution is 6.01. The summed E-state index contributed by atoms with van der Waals surface area (Å²) < 4.78 is 0. The summed E-state index contributed by atoms with van der Waals surface area (Å²) in [7, 11) is 0. The number of phenols is 1. The molecule has 0 aromatic heterocycles. The Kier molecular flexibility index (Phi) is 3.13. The fraction of sp³-hybridized carbons (Fsp3) is 0.385. The maximum Gasteiger partial charge on any atom is 0.243 e. The number of hydrogen-bond donors (Lipinski definition) is 2. The molecular weight excluding hydrogens is 216 g/mol. The molecule has 0 unspecified atom stereocenters. The summed E-state index contributed by atoms with van der Waals surface area (Å²) >= 11 is 0. The lowest BCUT2D eigenvalue weighted by molar-refractivity contribution is -0.122. The van der Waals surface area contributed by atoms with Gasteiger partial charge in [-0.1, -0.05) is 11.6 Å². The van der Waals surface area contributed by atoms with E-state index in [9.17, 15) is 9.90 Å². The van der Waals surface area contributed by atoms with Gasteiger partial charge in [0.25, 0.3) is 0 Å². The molecule has 0 heterocycles. The largest absolute Gasteiger partial charge is 0.507 e. The number of nitrogens with one attached hydrogen (secondary N) is 1. The van der Waals surface area contributed by atoms with Crippen molar-refractivity contribution in [3.63, 3.8) is 0 Å². The van der Waals surface area contributed by atoms with Gasteiger partial charge in [-0.15, -0.1) is 0 Å². The van der Waals surface area contributed by atoms with E-state index in [4.69, 9.17) is 0 Å². The van der Waals surface area contributed by atoms with Crippen LogP contribution in [0.15, 0.2) is 23.3 Å². The number of amides is 1. The maximum absolute atomic E-state index is 11.4. The lowest BCUT2D eigenvalue weighted by Crippen LogP contribution is -2.20. The number of benzene rings is 1. The lowest BCUT2D eigenvalue weighted by Gasteiger charge is -2.05.